The first kappa shape index (κ1) is 26.2. The molecule has 1 N–H and O–H groups in total. The Morgan fingerprint density at radius 3 is 2.41 bits per heavy atom. The number of carbonyl (C=O) groups excluding carboxylic acids is 3. The van der Waals surface area contributed by atoms with Gasteiger partial charge in [0.25, 0.3) is 11.8 Å². The molecule has 1 aliphatic rings. The Bertz CT molecular complexity index is 1290. The highest BCUT2D eigenvalue weighted by Gasteiger charge is 2.35. The Labute approximate surface area is 220 Å². The minimum atomic E-state index is -0.733. The van der Waals surface area contributed by atoms with Crippen LogP contribution >= 0.6 is 11.6 Å². The van der Waals surface area contributed by atoms with E-state index in [1.807, 2.05) is 24.3 Å². The first-order valence-electron chi connectivity index (χ1n) is 11.8. The van der Waals surface area contributed by atoms with Crippen molar-refractivity contribution in [3.63, 3.8) is 0 Å². The summed E-state index contributed by atoms with van der Waals surface area (Å²) >= 11 is 5.99. The molecule has 8 nitrogen and oxygen atoms in total. The number of furan rings is 1. The van der Waals surface area contributed by atoms with Crippen molar-refractivity contribution in [3.8, 4) is 0 Å². The molecule has 4 rings (SSSR count). The second kappa shape index (κ2) is 11.0. The van der Waals surface area contributed by atoms with E-state index in [1.165, 1.54) is 11.3 Å². The highest BCUT2D eigenvalue weighted by atomic mass is 35.5. The molecule has 0 saturated carbocycles. The van der Waals surface area contributed by atoms with E-state index in [9.17, 15) is 14.4 Å². The predicted molar refractivity (Wildman–Crippen MR) is 139 cm³/mol. The number of hydrogen-bond acceptors (Lipinski definition) is 6. The zero-order valence-corrected chi connectivity index (χ0v) is 21.6. The van der Waals surface area contributed by atoms with Crippen molar-refractivity contribution in [1.29, 1.82) is 0 Å². The number of amides is 2. The van der Waals surface area contributed by atoms with Crippen LogP contribution in [0.1, 0.15) is 60.5 Å². The van der Waals surface area contributed by atoms with E-state index in [0.717, 1.165) is 11.1 Å². The predicted octanol–water partition coefficient (Wildman–Crippen LogP) is 4.88. The third-order valence-corrected chi connectivity index (χ3v) is 6.23. The van der Waals surface area contributed by atoms with Gasteiger partial charge < -0.3 is 14.5 Å². The number of hydrazone groups is 1. The van der Waals surface area contributed by atoms with Gasteiger partial charge in [-0.3, -0.25) is 14.4 Å². The van der Waals surface area contributed by atoms with Crippen molar-refractivity contribution in [2.75, 3.05) is 13.2 Å². The average molecular weight is 522 g/mol. The Balaban J connectivity index is 1.34. The van der Waals surface area contributed by atoms with Crippen LogP contribution in [0.15, 0.2) is 76.4 Å². The number of esters is 1. The van der Waals surface area contributed by atoms with E-state index in [2.05, 4.69) is 31.2 Å². The molecular weight excluding hydrogens is 494 g/mol. The molecule has 2 amide bonds. The smallest absolute Gasteiger partial charge is 0.325 e. The first-order chi connectivity index (χ1) is 17.6. The van der Waals surface area contributed by atoms with Crippen molar-refractivity contribution in [2.45, 2.75) is 38.6 Å². The average Bonchev–Trinajstić information content (AvgIpc) is 3.56. The summed E-state index contributed by atoms with van der Waals surface area (Å²) < 4.78 is 10.6. The van der Waals surface area contributed by atoms with Gasteiger partial charge in [-0.1, -0.05) is 56.6 Å². The molecule has 1 aliphatic heterocycles. The van der Waals surface area contributed by atoms with E-state index < -0.39 is 30.4 Å². The van der Waals surface area contributed by atoms with Crippen LogP contribution in [-0.4, -0.2) is 41.7 Å². The van der Waals surface area contributed by atoms with Gasteiger partial charge in [0.1, 0.15) is 18.3 Å². The lowest BCUT2D eigenvalue weighted by Crippen LogP contribution is -2.34. The molecule has 2 heterocycles. The van der Waals surface area contributed by atoms with Crippen molar-refractivity contribution >= 4 is 35.1 Å². The summed E-state index contributed by atoms with van der Waals surface area (Å²) in [5, 5.41) is 8.87. The van der Waals surface area contributed by atoms with Gasteiger partial charge in [0.2, 0.25) is 0 Å². The molecule has 9 heteroatoms. The lowest BCUT2D eigenvalue weighted by molar-refractivity contribution is -0.152. The molecule has 192 valence electrons. The summed E-state index contributed by atoms with van der Waals surface area (Å²) in [5.74, 6) is -1.08. The molecule has 2 aromatic carbocycles. The first-order valence-corrected chi connectivity index (χ1v) is 12.2. The van der Waals surface area contributed by atoms with Crippen LogP contribution in [0.5, 0.6) is 0 Å². The monoisotopic (exact) mass is 521 g/mol. The number of ether oxygens (including phenoxy) is 1. The Hall–Kier alpha value is -3.91. The molecule has 1 atom stereocenters. The van der Waals surface area contributed by atoms with E-state index >= 15 is 0 Å². The number of halogens is 1. The van der Waals surface area contributed by atoms with Crippen LogP contribution in [0.2, 0.25) is 5.02 Å². The van der Waals surface area contributed by atoms with Gasteiger partial charge in [0, 0.05) is 17.0 Å². The number of nitrogens with one attached hydrogen (secondary N) is 1. The molecule has 0 bridgehead atoms. The number of hydrogen-bond donors (Lipinski definition) is 1. The van der Waals surface area contributed by atoms with Gasteiger partial charge >= 0.3 is 5.97 Å². The van der Waals surface area contributed by atoms with Gasteiger partial charge in [-0.05, 0) is 52.9 Å². The number of rotatable bonds is 7. The normalized spacial score (nSPS) is 15.3. The van der Waals surface area contributed by atoms with E-state index in [1.54, 1.807) is 36.4 Å². The van der Waals surface area contributed by atoms with Crippen LogP contribution in [0, 0.1) is 0 Å². The molecule has 37 heavy (non-hydrogen) atoms. The SMILES string of the molecule is CC(C)(C)c1ccc(C(=O)NCC(=O)OCC(=O)N2N=C(c3ccc(Cl)cc3)CC2c2ccco2)cc1. The second-order valence-corrected chi connectivity index (χ2v) is 10.1. The van der Waals surface area contributed by atoms with E-state index in [0.29, 0.717) is 28.5 Å². The molecule has 3 aromatic rings. The van der Waals surface area contributed by atoms with Gasteiger partial charge in [-0.15, -0.1) is 0 Å². The van der Waals surface area contributed by atoms with Crippen LogP contribution < -0.4 is 5.32 Å². The van der Waals surface area contributed by atoms with Crippen LogP contribution in [0.3, 0.4) is 0 Å². The summed E-state index contributed by atoms with van der Waals surface area (Å²) in [6.45, 7) is 5.37. The van der Waals surface area contributed by atoms with Gasteiger partial charge in [0.05, 0.1) is 12.0 Å². The summed E-state index contributed by atoms with van der Waals surface area (Å²) in [6.07, 6.45) is 1.95. The lowest BCUT2D eigenvalue weighted by atomic mass is 9.87. The fraction of sp³-hybridized carbons (Fsp3) is 0.286. The van der Waals surface area contributed by atoms with E-state index in [4.69, 9.17) is 20.8 Å². The summed E-state index contributed by atoms with van der Waals surface area (Å²) in [6, 6.07) is 17.4. The quantitative estimate of drug-likeness (QED) is 0.446. The number of benzene rings is 2. The number of carbonyl (C=O) groups is 3. The van der Waals surface area contributed by atoms with Crippen molar-refractivity contribution in [1.82, 2.24) is 10.3 Å². The third-order valence-electron chi connectivity index (χ3n) is 5.98. The lowest BCUT2D eigenvalue weighted by Gasteiger charge is -2.19. The van der Waals surface area contributed by atoms with Crippen molar-refractivity contribution in [2.24, 2.45) is 5.10 Å². The third kappa shape index (κ3) is 6.46. The minimum Gasteiger partial charge on any atom is -0.467 e. The molecule has 0 spiro atoms. The molecule has 1 aromatic heterocycles. The minimum absolute atomic E-state index is 0.0315. The highest BCUT2D eigenvalue weighted by molar-refractivity contribution is 6.30. The highest BCUT2D eigenvalue weighted by Crippen LogP contribution is 2.33. The van der Waals surface area contributed by atoms with Gasteiger partial charge in [0.15, 0.2) is 6.61 Å². The maximum Gasteiger partial charge on any atom is 0.325 e. The van der Waals surface area contributed by atoms with Gasteiger partial charge in [-0.25, -0.2) is 5.01 Å². The summed E-state index contributed by atoms with van der Waals surface area (Å²) in [4.78, 5) is 37.6. The van der Waals surface area contributed by atoms with Crippen molar-refractivity contribution in [3.05, 3.63) is 94.4 Å². The molecule has 1 unspecified atom stereocenters. The molecule has 0 radical (unpaired) electrons. The summed E-state index contributed by atoms with van der Waals surface area (Å²) in [5.41, 5.74) is 3.00. The molecule has 0 fully saturated rings. The second-order valence-electron chi connectivity index (χ2n) is 9.70. The standard InChI is InChI=1S/C28H28ClN3O5/c1-28(2,3)20-10-6-19(7-11-20)27(35)30-16-26(34)37-17-25(33)32-23(24-5-4-14-36-24)15-22(31-32)18-8-12-21(29)13-9-18/h4-14,23H,15-17H2,1-3H3,(H,30,35). The van der Waals surface area contributed by atoms with E-state index in [-0.39, 0.29) is 12.0 Å². The maximum atomic E-state index is 13.0. The fourth-order valence-corrected chi connectivity index (χ4v) is 4.02. The largest absolute Gasteiger partial charge is 0.467 e. The van der Waals surface area contributed by atoms with Crippen LogP contribution in [0.4, 0.5) is 0 Å². The topological polar surface area (TPSA) is 101 Å². The zero-order chi connectivity index (χ0) is 26.6. The molecule has 0 saturated heterocycles. The maximum absolute atomic E-state index is 13.0. The van der Waals surface area contributed by atoms with Crippen molar-refractivity contribution < 1.29 is 23.5 Å². The molecule has 0 aliphatic carbocycles. The van der Waals surface area contributed by atoms with Crippen LogP contribution in [-0.2, 0) is 19.7 Å². The van der Waals surface area contributed by atoms with Gasteiger partial charge in [-0.2, -0.15) is 5.10 Å². The fourth-order valence-electron chi connectivity index (χ4n) is 3.90. The Kier molecular flexibility index (Phi) is 7.78. The molecular formula is C28H28ClN3O5. The summed E-state index contributed by atoms with van der Waals surface area (Å²) in [7, 11) is 0. The van der Waals surface area contributed by atoms with Crippen LogP contribution in [0.25, 0.3) is 0 Å². The zero-order valence-electron chi connectivity index (χ0n) is 20.9. The Morgan fingerprint density at radius 2 is 1.78 bits per heavy atom. The Morgan fingerprint density at radius 1 is 1.08 bits per heavy atom. The number of nitrogens with zero attached hydrogens (tertiary/aromatic N) is 2.